The maximum Gasteiger partial charge on any atom is 0.105 e. The van der Waals surface area contributed by atoms with Crippen LogP contribution in [0.25, 0.3) is 11.3 Å². The van der Waals surface area contributed by atoms with Crippen LogP contribution in [0.4, 0.5) is 0 Å². The Morgan fingerprint density at radius 3 is 2.64 bits per heavy atom. The Kier molecular flexibility index (Phi) is 4.06. The molecule has 3 aromatic rings. The number of nitrogens with one attached hydrogen (secondary N) is 1. The molecule has 5 nitrogen and oxygen atoms in total. The number of aryl methyl sites for hydroxylation is 2. The number of aromatic nitrogens is 4. The third-order valence-electron chi connectivity index (χ3n) is 3.81. The Morgan fingerprint density at radius 1 is 1.18 bits per heavy atom. The van der Waals surface area contributed by atoms with Gasteiger partial charge in [0.15, 0.2) is 0 Å². The van der Waals surface area contributed by atoms with Crippen molar-refractivity contribution >= 4 is 0 Å². The first kappa shape index (κ1) is 14.5. The number of hydrogen-bond acceptors (Lipinski definition) is 3. The maximum atomic E-state index is 4.56. The van der Waals surface area contributed by atoms with Crippen LogP contribution in [0.1, 0.15) is 17.1 Å². The van der Waals surface area contributed by atoms with E-state index in [9.17, 15) is 0 Å². The fourth-order valence-electron chi connectivity index (χ4n) is 2.62. The van der Waals surface area contributed by atoms with Crippen LogP contribution >= 0.6 is 0 Å². The average Bonchev–Trinajstić information content (AvgIpc) is 3.07. The molecule has 0 aliphatic heterocycles. The fraction of sp³-hybridized carbons (Fsp3) is 0.294. The van der Waals surface area contributed by atoms with Crippen LogP contribution in [0.5, 0.6) is 0 Å². The molecule has 0 saturated carbocycles. The van der Waals surface area contributed by atoms with Gasteiger partial charge in [-0.25, -0.2) is 4.98 Å². The Hall–Kier alpha value is -2.40. The van der Waals surface area contributed by atoms with Gasteiger partial charge in [0.2, 0.25) is 0 Å². The van der Waals surface area contributed by atoms with Crippen molar-refractivity contribution in [2.24, 2.45) is 7.05 Å². The molecular formula is C17H21N5. The molecule has 2 heterocycles. The zero-order chi connectivity index (χ0) is 15.5. The SMILES string of the molecule is Cc1nc(CN(C)Cc2cn[nH]c2-c2ccccc2)cn1C. The van der Waals surface area contributed by atoms with Gasteiger partial charge in [-0.15, -0.1) is 0 Å². The van der Waals surface area contributed by atoms with Gasteiger partial charge in [0.1, 0.15) is 5.82 Å². The fourth-order valence-corrected chi connectivity index (χ4v) is 2.62. The molecule has 5 heteroatoms. The molecule has 22 heavy (non-hydrogen) atoms. The lowest BCUT2D eigenvalue weighted by Gasteiger charge is -2.15. The van der Waals surface area contributed by atoms with E-state index in [0.717, 1.165) is 35.9 Å². The highest BCUT2D eigenvalue weighted by atomic mass is 15.1. The van der Waals surface area contributed by atoms with Gasteiger partial charge in [0.25, 0.3) is 0 Å². The Balaban J connectivity index is 1.72. The van der Waals surface area contributed by atoms with E-state index in [1.54, 1.807) is 0 Å². The summed E-state index contributed by atoms with van der Waals surface area (Å²) in [5.41, 5.74) is 4.54. The third-order valence-corrected chi connectivity index (χ3v) is 3.81. The topological polar surface area (TPSA) is 49.7 Å². The Labute approximate surface area is 130 Å². The molecule has 0 atom stereocenters. The van der Waals surface area contributed by atoms with Crippen LogP contribution in [-0.4, -0.2) is 31.7 Å². The minimum atomic E-state index is 0.821. The van der Waals surface area contributed by atoms with E-state index >= 15 is 0 Å². The van der Waals surface area contributed by atoms with Crippen LogP contribution in [-0.2, 0) is 20.1 Å². The zero-order valence-electron chi connectivity index (χ0n) is 13.2. The number of H-pyrrole nitrogens is 1. The van der Waals surface area contributed by atoms with E-state index in [1.165, 1.54) is 5.56 Å². The molecule has 2 aromatic heterocycles. The van der Waals surface area contributed by atoms with Gasteiger partial charge in [-0.1, -0.05) is 30.3 Å². The highest BCUT2D eigenvalue weighted by Gasteiger charge is 2.11. The zero-order valence-corrected chi connectivity index (χ0v) is 13.2. The van der Waals surface area contributed by atoms with E-state index in [1.807, 2.05) is 38.4 Å². The van der Waals surface area contributed by atoms with Gasteiger partial charge in [-0.3, -0.25) is 10.00 Å². The quantitative estimate of drug-likeness (QED) is 0.787. The van der Waals surface area contributed by atoms with Crippen molar-refractivity contribution in [3.05, 3.63) is 59.8 Å². The summed E-state index contributed by atoms with van der Waals surface area (Å²) in [5, 5.41) is 7.31. The number of nitrogens with zero attached hydrogens (tertiary/aromatic N) is 4. The van der Waals surface area contributed by atoms with Crippen molar-refractivity contribution in [3.8, 4) is 11.3 Å². The van der Waals surface area contributed by atoms with Crippen molar-refractivity contribution in [1.29, 1.82) is 0 Å². The molecule has 0 saturated heterocycles. The standard InChI is InChI=1S/C17H21N5/c1-13-19-16(12-22(13)3)11-21(2)10-15-9-18-20-17(15)14-7-5-4-6-8-14/h4-9,12H,10-11H2,1-3H3,(H,18,20). The van der Waals surface area contributed by atoms with Gasteiger partial charge in [0.05, 0.1) is 17.6 Å². The number of rotatable bonds is 5. The summed E-state index contributed by atoms with van der Waals surface area (Å²) in [5.74, 6) is 1.04. The van der Waals surface area contributed by atoms with E-state index in [0.29, 0.717) is 0 Å². The summed E-state index contributed by atoms with van der Waals surface area (Å²) < 4.78 is 2.05. The Morgan fingerprint density at radius 2 is 1.95 bits per heavy atom. The molecule has 0 amide bonds. The molecular weight excluding hydrogens is 274 g/mol. The van der Waals surface area contributed by atoms with Crippen molar-refractivity contribution < 1.29 is 0 Å². The molecule has 114 valence electrons. The third kappa shape index (κ3) is 3.09. The lowest BCUT2D eigenvalue weighted by Crippen LogP contribution is -2.17. The molecule has 0 fully saturated rings. The predicted octanol–water partition coefficient (Wildman–Crippen LogP) is 2.75. The summed E-state index contributed by atoms with van der Waals surface area (Å²) in [6.45, 7) is 3.67. The van der Waals surface area contributed by atoms with E-state index in [4.69, 9.17) is 0 Å². The lowest BCUT2D eigenvalue weighted by atomic mass is 10.1. The molecule has 0 radical (unpaired) electrons. The van der Waals surface area contributed by atoms with Gasteiger partial charge < -0.3 is 4.57 Å². The molecule has 0 aliphatic carbocycles. The maximum absolute atomic E-state index is 4.56. The number of imidazole rings is 1. The second-order valence-electron chi connectivity index (χ2n) is 5.70. The number of benzene rings is 1. The van der Waals surface area contributed by atoms with Gasteiger partial charge in [-0.05, 0) is 19.5 Å². The first-order valence-electron chi connectivity index (χ1n) is 7.38. The van der Waals surface area contributed by atoms with Crippen LogP contribution in [0.3, 0.4) is 0 Å². The summed E-state index contributed by atoms with van der Waals surface area (Å²) in [7, 11) is 4.13. The van der Waals surface area contributed by atoms with Crippen molar-refractivity contribution in [2.45, 2.75) is 20.0 Å². The van der Waals surface area contributed by atoms with Crippen LogP contribution in [0, 0.1) is 6.92 Å². The summed E-state index contributed by atoms with van der Waals surface area (Å²) in [6.07, 6.45) is 3.99. The summed E-state index contributed by atoms with van der Waals surface area (Å²) in [6, 6.07) is 10.3. The highest BCUT2D eigenvalue weighted by molar-refractivity contribution is 5.62. The molecule has 1 aromatic carbocycles. The normalized spacial score (nSPS) is 11.3. The minimum absolute atomic E-state index is 0.821. The van der Waals surface area contributed by atoms with Gasteiger partial charge >= 0.3 is 0 Å². The highest BCUT2D eigenvalue weighted by Crippen LogP contribution is 2.22. The smallest absolute Gasteiger partial charge is 0.105 e. The first-order chi connectivity index (χ1) is 10.6. The van der Waals surface area contributed by atoms with Gasteiger partial charge in [-0.2, -0.15) is 5.10 Å². The van der Waals surface area contributed by atoms with E-state index in [-0.39, 0.29) is 0 Å². The first-order valence-corrected chi connectivity index (χ1v) is 7.38. The molecule has 0 spiro atoms. The number of hydrogen-bond donors (Lipinski definition) is 1. The van der Waals surface area contributed by atoms with E-state index < -0.39 is 0 Å². The number of aromatic amines is 1. The van der Waals surface area contributed by atoms with Crippen LogP contribution < -0.4 is 0 Å². The van der Waals surface area contributed by atoms with Crippen molar-refractivity contribution in [3.63, 3.8) is 0 Å². The van der Waals surface area contributed by atoms with Crippen LogP contribution in [0.15, 0.2) is 42.7 Å². The van der Waals surface area contributed by atoms with Crippen LogP contribution in [0.2, 0.25) is 0 Å². The minimum Gasteiger partial charge on any atom is -0.338 e. The molecule has 1 N–H and O–H groups in total. The van der Waals surface area contributed by atoms with Crippen molar-refractivity contribution in [2.75, 3.05) is 7.05 Å². The van der Waals surface area contributed by atoms with Crippen molar-refractivity contribution in [1.82, 2.24) is 24.6 Å². The largest absolute Gasteiger partial charge is 0.338 e. The molecule has 0 bridgehead atoms. The monoisotopic (exact) mass is 295 g/mol. The van der Waals surface area contributed by atoms with E-state index in [2.05, 4.69) is 50.0 Å². The van der Waals surface area contributed by atoms with Gasteiger partial charge in [0, 0.05) is 31.9 Å². The second-order valence-corrected chi connectivity index (χ2v) is 5.70. The predicted molar refractivity (Wildman–Crippen MR) is 87.1 cm³/mol. The average molecular weight is 295 g/mol. The summed E-state index contributed by atoms with van der Waals surface area (Å²) in [4.78, 5) is 6.81. The molecule has 0 unspecified atom stereocenters. The lowest BCUT2D eigenvalue weighted by molar-refractivity contribution is 0.316. The second kappa shape index (κ2) is 6.15. The summed E-state index contributed by atoms with van der Waals surface area (Å²) >= 11 is 0. The molecule has 3 rings (SSSR count). The Bertz CT molecular complexity index is 722. The molecule has 0 aliphatic rings.